The minimum atomic E-state index is -0.0331. The molecule has 5 heteroatoms. The second-order valence-corrected chi connectivity index (χ2v) is 6.75. The smallest absolute Gasteiger partial charge is 0.182 e. The number of methoxy groups -OCH3 is 1. The Balaban J connectivity index is 1.62. The van der Waals surface area contributed by atoms with Gasteiger partial charge in [0.15, 0.2) is 5.78 Å². The van der Waals surface area contributed by atoms with Gasteiger partial charge < -0.3 is 14.4 Å². The molecule has 0 unspecified atom stereocenters. The van der Waals surface area contributed by atoms with E-state index in [0.29, 0.717) is 12.0 Å². The van der Waals surface area contributed by atoms with Crippen LogP contribution in [0.4, 0.5) is 5.69 Å². The predicted octanol–water partition coefficient (Wildman–Crippen LogP) is 3.72. The van der Waals surface area contributed by atoms with Crippen molar-refractivity contribution >= 4 is 28.4 Å². The van der Waals surface area contributed by atoms with Crippen molar-refractivity contribution in [3.63, 3.8) is 0 Å². The monoisotopic (exact) mass is 375 g/mol. The summed E-state index contributed by atoms with van der Waals surface area (Å²) in [5.41, 5.74) is 3.51. The average molecular weight is 375 g/mol. The lowest BCUT2D eigenvalue weighted by molar-refractivity contribution is -0.111. The Morgan fingerprint density at radius 3 is 2.79 bits per heavy atom. The zero-order chi connectivity index (χ0) is 19.3. The van der Waals surface area contributed by atoms with E-state index in [9.17, 15) is 4.79 Å². The number of carbonyl (C=O) groups excluding carboxylic acids is 1. The number of pyridine rings is 1. The topological polar surface area (TPSA) is 51.7 Å². The third-order valence-corrected chi connectivity index (χ3v) is 4.99. The van der Waals surface area contributed by atoms with E-state index < -0.39 is 0 Å². The molecule has 1 fully saturated rings. The maximum atomic E-state index is 12.5. The van der Waals surface area contributed by atoms with E-state index in [1.54, 1.807) is 25.3 Å². The van der Waals surface area contributed by atoms with Gasteiger partial charge in [0, 0.05) is 42.6 Å². The first-order chi connectivity index (χ1) is 13.7. The number of aromatic nitrogens is 1. The maximum absolute atomic E-state index is 12.5. The number of fused-ring (bicyclic) bond motifs is 1. The number of morpholine rings is 1. The van der Waals surface area contributed by atoms with Gasteiger partial charge in [-0.15, -0.1) is 0 Å². The molecule has 5 nitrogen and oxygen atoms in total. The van der Waals surface area contributed by atoms with Gasteiger partial charge in [0.2, 0.25) is 0 Å². The minimum Gasteiger partial charge on any atom is -0.501 e. The van der Waals surface area contributed by atoms with Gasteiger partial charge in [-0.1, -0.05) is 24.3 Å². The molecular formula is C23H23N2O3. The largest absolute Gasteiger partial charge is 0.501 e. The fourth-order valence-corrected chi connectivity index (χ4v) is 3.45. The number of ketones is 1. The molecule has 2 aromatic rings. The van der Waals surface area contributed by atoms with Crippen molar-refractivity contribution in [2.24, 2.45) is 0 Å². The first kappa shape index (κ1) is 18.4. The molecule has 28 heavy (non-hydrogen) atoms. The summed E-state index contributed by atoms with van der Waals surface area (Å²) < 4.78 is 10.7. The van der Waals surface area contributed by atoms with Crippen LogP contribution in [-0.2, 0) is 14.3 Å². The van der Waals surface area contributed by atoms with Gasteiger partial charge in [0.25, 0.3) is 0 Å². The van der Waals surface area contributed by atoms with Crippen LogP contribution in [0.15, 0.2) is 59.9 Å². The molecule has 2 heterocycles. The van der Waals surface area contributed by atoms with Gasteiger partial charge in [-0.05, 0) is 30.4 Å². The van der Waals surface area contributed by atoms with Gasteiger partial charge in [0.05, 0.1) is 37.3 Å². The molecule has 1 aliphatic carbocycles. The van der Waals surface area contributed by atoms with Gasteiger partial charge in [-0.2, -0.15) is 0 Å². The average Bonchev–Trinajstić information content (AvgIpc) is 2.77. The first-order valence-electron chi connectivity index (χ1n) is 9.47. The van der Waals surface area contributed by atoms with Crippen molar-refractivity contribution in [2.75, 3.05) is 38.3 Å². The summed E-state index contributed by atoms with van der Waals surface area (Å²) in [6, 6.07) is 10.2. The Labute approximate surface area is 165 Å². The summed E-state index contributed by atoms with van der Waals surface area (Å²) in [4.78, 5) is 19.5. The molecule has 4 rings (SSSR count). The number of para-hydroxylation sites is 1. The van der Waals surface area contributed by atoms with Gasteiger partial charge in [-0.25, -0.2) is 4.98 Å². The number of hydrogen-bond donors (Lipinski definition) is 0. The van der Waals surface area contributed by atoms with Crippen molar-refractivity contribution in [2.45, 2.75) is 6.42 Å². The Hall–Kier alpha value is -2.92. The first-order valence-corrected chi connectivity index (χ1v) is 9.47. The maximum Gasteiger partial charge on any atom is 0.182 e. The number of anilines is 1. The zero-order valence-corrected chi connectivity index (χ0v) is 15.9. The number of hydrogen-bond acceptors (Lipinski definition) is 5. The lowest BCUT2D eigenvalue weighted by Crippen LogP contribution is -2.36. The Kier molecular flexibility index (Phi) is 5.53. The predicted molar refractivity (Wildman–Crippen MR) is 111 cm³/mol. The number of ether oxygens (including phenoxy) is 2. The number of carbonyl (C=O) groups is 1. The van der Waals surface area contributed by atoms with E-state index in [-0.39, 0.29) is 5.78 Å². The number of rotatable bonds is 5. The van der Waals surface area contributed by atoms with E-state index in [2.05, 4.69) is 17.0 Å². The van der Waals surface area contributed by atoms with Crippen LogP contribution < -0.4 is 4.90 Å². The van der Waals surface area contributed by atoms with Gasteiger partial charge in [0.1, 0.15) is 0 Å². The summed E-state index contributed by atoms with van der Waals surface area (Å²) >= 11 is 0. The van der Waals surface area contributed by atoms with Crippen molar-refractivity contribution in [1.82, 2.24) is 4.98 Å². The Bertz CT molecular complexity index is 969. The van der Waals surface area contributed by atoms with Gasteiger partial charge in [-0.3, -0.25) is 4.79 Å². The van der Waals surface area contributed by atoms with E-state index in [0.717, 1.165) is 54.3 Å². The van der Waals surface area contributed by atoms with Gasteiger partial charge >= 0.3 is 0 Å². The quantitative estimate of drug-likeness (QED) is 0.746. The van der Waals surface area contributed by atoms with Crippen LogP contribution in [0.5, 0.6) is 0 Å². The number of benzene rings is 1. The lowest BCUT2D eigenvalue weighted by Gasteiger charge is -2.30. The van der Waals surface area contributed by atoms with E-state index in [1.165, 1.54) is 0 Å². The zero-order valence-electron chi connectivity index (χ0n) is 15.9. The molecule has 1 aromatic heterocycles. The third-order valence-electron chi connectivity index (χ3n) is 4.99. The van der Waals surface area contributed by atoms with Crippen LogP contribution in [0.1, 0.15) is 12.1 Å². The normalized spacial score (nSPS) is 17.5. The highest BCUT2D eigenvalue weighted by molar-refractivity contribution is 6.08. The SMILES string of the molecule is COC1=CC=C(C(=O)C=Cc2cc(N3CCOCC3)c3ccccc3n2)[CH]C1. The standard InChI is InChI=1S/C23H23N2O3/c1-27-19-9-6-17(7-10-19)23(26)11-8-18-16-22(25-12-14-28-15-13-25)20-4-2-3-5-21(20)24-18/h2-9,11,16H,10,12-15H2,1H3. The molecule has 143 valence electrons. The summed E-state index contributed by atoms with van der Waals surface area (Å²) in [7, 11) is 1.64. The lowest BCUT2D eigenvalue weighted by atomic mass is 9.99. The van der Waals surface area contributed by atoms with Crippen molar-refractivity contribution in [3.05, 3.63) is 72.0 Å². The fourth-order valence-electron chi connectivity index (χ4n) is 3.45. The van der Waals surface area contributed by atoms with Crippen molar-refractivity contribution < 1.29 is 14.3 Å². The summed E-state index contributed by atoms with van der Waals surface area (Å²) in [6.07, 6.45) is 9.54. The van der Waals surface area contributed by atoms with E-state index in [4.69, 9.17) is 14.5 Å². The Morgan fingerprint density at radius 2 is 2.04 bits per heavy atom. The fraction of sp³-hybridized carbons (Fsp3) is 0.261. The van der Waals surface area contributed by atoms with Crippen molar-refractivity contribution in [1.29, 1.82) is 0 Å². The highest BCUT2D eigenvalue weighted by Gasteiger charge is 2.16. The van der Waals surface area contributed by atoms with Crippen LogP contribution in [0, 0.1) is 6.42 Å². The molecular weight excluding hydrogens is 352 g/mol. The molecule has 2 aliphatic rings. The van der Waals surface area contributed by atoms with Crippen LogP contribution in [0.25, 0.3) is 17.0 Å². The number of nitrogens with zero attached hydrogens (tertiary/aromatic N) is 2. The molecule has 1 aliphatic heterocycles. The molecule has 0 spiro atoms. The second-order valence-electron chi connectivity index (χ2n) is 6.75. The molecule has 0 atom stereocenters. The van der Waals surface area contributed by atoms with Crippen molar-refractivity contribution in [3.8, 4) is 0 Å². The summed E-state index contributed by atoms with van der Waals surface area (Å²) in [6.45, 7) is 3.15. The van der Waals surface area contributed by atoms with E-state index >= 15 is 0 Å². The second kappa shape index (κ2) is 8.40. The molecule has 0 amide bonds. The Morgan fingerprint density at radius 1 is 1.21 bits per heavy atom. The van der Waals surface area contributed by atoms with Crippen LogP contribution >= 0.6 is 0 Å². The third kappa shape index (κ3) is 3.99. The molecule has 1 radical (unpaired) electrons. The molecule has 1 saturated heterocycles. The highest BCUT2D eigenvalue weighted by atomic mass is 16.5. The summed E-state index contributed by atoms with van der Waals surface area (Å²) in [5.74, 6) is 0.821. The summed E-state index contributed by atoms with van der Waals surface area (Å²) in [5, 5.41) is 1.12. The minimum absolute atomic E-state index is 0.0331. The van der Waals surface area contributed by atoms with Crippen LogP contribution in [0.3, 0.4) is 0 Å². The molecule has 0 N–H and O–H groups in total. The highest BCUT2D eigenvalue weighted by Crippen LogP contribution is 2.28. The van der Waals surface area contributed by atoms with Crippen LogP contribution in [-0.4, -0.2) is 44.2 Å². The molecule has 0 saturated carbocycles. The molecule has 1 aromatic carbocycles. The molecule has 0 bridgehead atoms. The number of allylic oxidation sites excluding steroid dienone is 5. The van der Waals surface area contributed by atoms with E-state index in [1.807, 2.05) is 30.7 Å². The van der Waals surface area contributed by atoms with Crippen LogP contribution in [0.2, 0.25) is 0 Å².